The summed E-state index contributed by atoms with van der Waals surface area (Å²) in [6, 6.07) is -0.169. The van der Waals surface area contributed by atoms with Gasteiger partial charge in [0.2, 0.25) is 0 Å². The molecule has 0 aliphatic heterocycles. The first-order chi connectivity index (χ1) is 9.50. The first-order valence-electron chi connectivity index (χ1n) is 7.07. The van der Waals surface area contributed by atoms with Crippen LogP contribution in [-0.4, -0.2) is 26.7 Å². The topological polar surface area (TPSA) is 84.2 Å². The van der Waals surface area contributed by atoms with Gasteiger partial charge < -0.3 is 15.0 Å². The van der Waals surface area contributed by atoms with Crippen molar-refractivity contribution in [1.29, 1.82) is 0 Å². The normalized spacial score (nSPS) is 22.8. The van der Waals surface area contributed by atoms with Crippen molar-refractivity contribution in [2.75, 3.05) is 5.32 Å². The van der Waals surface area contributed by atoms with Gasteiger partial charge in [0.1, 0.15) is 0 Å². The molecule has 2 atom stereocenters. The van der Waals surface area contributed by atoms with E-state index in [2.05, 4.69) is 10.3 Å². The van der Waals surface area contributed by atoms with Crippen molar-refractivity contribution in [2.24, 2.45) is 5.92 Å². The Kier molecular flexibility index (Phi) is 4.42. The van der Waals surface area contributed by atoms with Gasteiger partial charge in [0.05, 0.1) is 5.92 Å². The highest BCUT2D eigenvalue weighted by Gasteiger charge is 2.31. The molecule has 1 aliphatic carbocycles. The van der Waals surface area contributed by atoms with E-state index in [9.17, 15) is 14.7 Å². The number of nitrogens with one attached hydrogen (secondary N) is 1. The number of carboxylic acid groups (broad SMARTS) is 1. The molecule has 2 N–H and O–H groups in total. The summed E-state index contributed by atoms with van der Waals surface area (Å²) in [6.07, 6.45) is 6.53. The molecule has 1 heterocycles. The minimum Gasteiger partial charge on any atom is -0.481 e. The molecule has 6 nitrogen and oxygen atoms in total. The Morgan fingerprint density at radius 3 is 2.80 bits per heavy atom. The monoisotopic (exact) mass is 279 g/mol. The summed E-state index contributed by atoms with van der Waals surface area (Å²) in [5.41, 5.74) is -0.197. The van der Waals surface area contributed by atoms with Crippen LogP contribution in [0.15, 0.2) is 17.2 Å². The van der Waals surface area contributed by atoms with Gasteiger partial charge in [-0.1, -0.05) is 12.8 Å². The zero-order valence-electron chi connectivity index (χ0n) is 11.9. The molecule has 2 rings (SSSR count). The first kappa shape index (κ1) is 14.6. The van der Waals surface area contributed by atoms with Gasteiger partial charge in [-0.3, -0.25) is 9.59 Å². The quantitative estimate of drug-likeness (QED) is 0.879. The molecule has 0 spiro atoms. The number of anilines is 1. The number of rotatable bonds is 4. The molecule has 110 valence electrons. The molecule has 20 heavy (non-hydrogen) atoms. The van der Waals surface area contributed by atoms with Crippen LogP contribution >= 0.6 is 0 Å². The van der Waals surface area contributed by atoms with Crippen molar-refractivity contribution in [1.82, 2.24) is 9.55 Å². The molecule has 1 saturated carbocycles. The summed E-state index contributed by atoms with van der Waals surface area (Å²) in [5.74, 6) is -1.00. The van der Waals surface area contributed by atoms with E-state index in [0.29, 0.717) is 6.42 Å². The second-order valence-corrected chi connectivity index (χ2v) is 5.56. The van der Waals surface area contributed by atoms with Crippen LogP contribution in [0.3, 0.4) is 0 Å². The molecule has 2 unspecified atom stereocenters. The standard InChI is InChI=1S/C14H21N3O3/c1-9(2)17-8-7-15-12(13(17)18)16-11-6-4-3-5-10(11)14(19)20/h7-11H,3-6H2,1-2H3,(H,15,16)(H,19,20). The summed E-state index contributed by atoms with van der Waals surface area (Å²) in [7, 11) is 0. The number of aliphatic carboxylic acids is 1. The van der Waals surface area contributed by atoms with E-state index in [-0.39, 0.29) is 23.5 Å². The zero-order chi connectivity index (χ0) is 14.7. The number of hydrogen-bond acceptors (Lipinski definition) is 4. The molecule has 1 aliphatic rings. The van der Waals surface area contributed by atoms with Crippen LogP contribution in [-0.2, 0) is 4.79 Å². The SMILES string of the molecule is CC(C)n1ccnc(NC2CCCCC2C(=O)O)c1=O. The molecule has 0 saturated heterocycles. The van der Waals surface area contributed by atoms with Crippen molar-refractivity contribution in [2.45, 2.75) is 51.6 Å². The van der Waals surface area contributed by atoms with E-state index >= 15 is 0 Å². The Balaban J connectivity index is 2.23. The Morgan fingerprint density at radius 1 is 1.45 bits per heavy atom. The minimum atomic E-state index is -0.803. The van der Waals surface area contributed by atoms with Crippen LogP contribution in [0.4, 0.5) is 5.82 Å². The number of carboxylic acids is 1. The molecule has 0 bridgehead atoms. The van der Waals surface area contributed by atoms with Crippen molar-refractivity contribution in [3.63, 3.8) is 0 Å². The Bertz CT molecular complexity index is 539. The molecule has 6 heteroatoms. The first-order valence-corrected chi connectivity index (χ1v) is 7.07. The molecule has 0 radical (unpaired) electrons. The number of hydrogen-bond donors (Lipinski definition) is 2. The summed E-state index contributed by atoms with van der Waals surface area (Å²) < 4.78 is 1.59. The smallest absolute Gasteiger partial charge is 0.308 e. The third-order valence-electron chi connectivity index (χ3n) is 3.83. The fourth-order valence-electron chi connectivity index (χ4n) is 2.71. The van der Waals surface area contributed by atoms with Crippen LogP contribution in [0.25, 0.3) is 0 Å². The van der Waals surface area contributed by atoms with E-state index in [1.54, 1.807) is 17.0 Å². The fraction of sp³-hybridized carbons (Fsp3) is 0.643. The number of carbonyl (C=O) groups is 1. The average Bonchev–Trinajstić information content (AvgIpc) is 2.41. The summed E-state index contributed by atoms with van der Waals surface area (Å²) in [6.45, 7) is 3.84. The predicted molar refractivity (Wildman–Crippen MR) is 75.9 cm³/mol. The minimum absolute atomic E-state index is 0.0488. The van der Waals surface area contributed by atoms with Crippen LogP contribution in [0.2, 0.25) is 0 Å². The van der Waals surface area contributed by atoms with Crippen molar-refractivity contribution < 1.29 is 9.90 Å². The maximum atomic E-state index is 12.3. The summed E-state index contributed by atoms with van der Waals surface area (Å²) >= 11 is 0. The van der Waals surface area contributed by atoms with E-state index < -0.39 is 11.9 Å². The summed E-state index contributed by atoms with van der Waals surface area (Å²) in [4.78, 5) is 27.6. The highest BCUT2D eigenvalue weighted by atomic mass is 16.4. The largest absolute Gasteiger partial charge is 0.481 e. The number of nitrogens with zero attached hydrogens (tertiary/aromatic N) is 2. The second-order valence-electron chi connectivity index (χ2n) is 5.56. The maximum absolute atomic E-state index is 12.3. The molecule has 0 amide bonds. The summed E-state index contributed by atoms with van der Waals surface area (Å²) in [5, 5.41) is 12.3. The lowest BCUT2D eigenvalue weighted by atomic mass is 9.84. The highest BCUT2D eigenvalue weighted by Crippen LogP contribution is 2.26. The Morgan fingerprint density at radius 2 is 2.15 bits per heavy atom. The van der Waals surface area contributed by atoms with Gasteiger partial charge in [-0.2, -0.15) is 0 Å². The lowest BCUT2D eigenvalue weighted by Crippen LogP contribution is -2.39. The number of aromatic nitrogens is 2. The zero-order valence-corrected chi connectivity index (χ0v) is 11.9. The third-order valence-corrected chi connectivity index (χ3v) is 3.83. The molecule has 0 aromatic carbocycles. The van der Waals surface area contributed by atoms with Crippen LogP contribution < -0.4 is 10.9 Å². The van der Waals surface area contributed by atoms with Gasteiger partial charge in [0.15, 0.2) is 5.82 Å². The highest BCUT2D eigenvalue weighted by molar-refractivity contribution is 5.71. The van der Waals surface area contributed by atoms with Crippen molar-refractivity contribution in [3.8, 4) is 0 Å². The van der Waals surface area contributed by atoms with Crippen molar-refractivity contribution in [3.05, 3.63) is 22.7 Å². The Labute approximate surface area is 117 Å². The van der Waals surface area contributed by atoms with Gasteiger partial charge in [-0.15, -0.1) is 0 Å². The van der Waals surface area contributed by atoms with Gasteiger partial charge in [-0.25, -0.2) is 4.98 Å². The van der Waals surface area contributed by atoms with E-state index in [0.717, 1.165) is 19.3 Å². The molecular formula is C14H21N3O3. The molecule has 1 aromatic rings. The van der Waals surface area contributed by atoms with Gasteiger partial charge in [-0.05, 0) is 26.7 Å². The van der Waals surface area contributed by atoms with Gasteiger partial charge in [0.25, 0.3) is 5.56 Å². The van der Waals surface area contributed by atoms with Crippen molar-refractivity contribution >= 4 is 11.8 Å². The van der Waals surface area contributed by atoms with Crippen LogP contribution in [0.5, 0.6) is 0 Å². The molecular weight excluding hydrogens is 258 g/mol. The van der Waals surface area contributed by atoms with Crippen LogP contribution in [0, 0.1) is 5.92 Å². The van der Waals surface area contributed by atoms with Crippen LogP contribution in [0.1, 0.15) is 45.6 Å². The predicted octanol–water partition coefficient (Wildman–Crippen LogP) is 1.88. The van der Waals surface area contributed by atoms with E-state index in [4.69, 9.17) is 0 Å². The van der Waals surface area contributed by atoms with Gasteiger partial charge >= 0.3 is 5.97 Å². The fourth-order valence-corrected chi connectivity index (χ4v) is 2.71. The maximum Gasteiger partial charge on any atom is 0.308 e. The molecule has 1 fully saturated rings. The second kappa shape index (κ2) is 6.07. The Hall–Kier alpha value is -1.85. The molecule has 1 aromatic heterocycles. The van der Waals surface area contributed by atoms with E-state index in [1.165, 1.54) is 0 Å². The lowest BCUT2D eigenvalue weighted by molar-refractivity contribution is -0.143. The van der Waals surface area contributed by atoms with Gasteiger partial charge in [0, 0.05) is 24.5 Å². The van der Waals surface area contributed by atoms with E-state index in [1.807, 2.05) is 13.8 Å². The average molecular weight is 279 g/mol. The lowest BCUT2D eigenvalue weighted by Gasteiger charge is -2.29. The third kappa shape index (κ3) is 3.00.